The number of nitro groups is 1. The average Bonchev–Trinajstić information content (AvgIpc) is 2.34. The van der Waals surface area contributed by atoms with Gasteiger partial charge in [0, 0.05) is 20.2 Å². The fourth-order valence-corrected chi connectivity index (χ4v) is 1.36. The van der Waals surface area contributed by atoms with Gasteiger partial charge in [0.2, 0.25) is 0 Å². The number of hydrogen-bond donors (Lipinski definition) is 1. The summed E-state index contributed by atoms with van der Waals surface area (Å²) in [7, 11) is 3.24. The molecule has 6 heteroatoms. The lowest BCUT2D eigenvalue weighted by atomic mass is 10.2. The monoisotopic (exact) mass is 240 g/mol. The molecule has 0 fully saturated rings. The molecule has 94 valence electrons. The third kappa shape index (κ3) is 4.01. The Morgan fingerprint density at radius 3 is 2.76 bits per heavy atom. The van der Waals surface area contributed by atoms with Crippen LogP contribution in [0.25, 0.3) is 0 Å². The highest BCUT2D eigenvalue weighted by Gasteiger charge is 2.13. The summed E-state index contributed by atoms with van der Waals surface area (Å²) in [6.45, 7) is 1.32. The molecule has 1 N–H and O–H groups in total. The van der Waals surface area contributed by atoms with Crippen LogP contribution in [0.15, 0.2) is 18.2 Å². The maximum Gasteiger partial charge on any atom is 0.292 e. The van der Waals surface area contributed by atoms with E-state index in [9.17, 15) is 10.1 Å². The number of nitro benzene ring substituents is 1. The van der Waals surface area contributed by atoms with Crippen LogP contribution in [-0.4, -0.2) is 32.3 Å². The van der Waals surface area contributed by atoms with E-state index in [4.69, 9.17) is 9.47 Å². The van der Waals surface area contributed by atoms with Crippen molar-refractivity contribution in [2.75, 3.05) is 32.7 Å². The summed E-state index contributed by atoms with van der Waals surface area (Å²) in [5.74, 6) is 0. The molecular formula is C11H16N2O4. The van der Waals surface area contributed by atoms with Crippen LogP contribution in [0.2, 0.25) is 0 Å². The summed E-state index contributed by atoms with van der Waals surface area (Å²) in [4.78, 5) is 10.4. The van der Waals surface area contributed by atoms with Crippen LogP contribution < -0.4 is 5.32 Å². The largest absolute Gasteiger partial charge is 0.383 e. The minimum absolute atomic E-state index is 0.0559. The molecule has 17 heavy (non-hydrogen) atoms. The Labute approximate surface area is 99.7 Å². The van der Waals surface area contributed by atoms with E-state index < -0.39 is 4.92 Å². The highest BCUT2D eigenvalue weighted by Crippen LogP contribution is 2.25. The first-order chi connectivity index (χ1) is 8.19. The van der Waals surface area contributed by atoms with E-state index in [1.807, 2.05) is 0 Å². The van der Waals surface area contributed by atoms with Crippen LogP contribution in [0.5, 0.6) is 0 Å². The third-order valence-electron chi connectivity index (χ3n) is 2.23. The summed E-state index contributed by atoms with van der Waals surface area (Å²) >= 11 is 0. The molecule has 0 aliphatic heterocycles. The number of hydrogen-bond acceptors (Lipinski definition) is 5. The van der Waals surface area contributed by atoms with Crippen LogP contribution in [-0.2, 0) is 16.1 Å². The number of ether oxygens (including phenoxy) is 2. The van der Waals surface area contributed by atoms with Gasteiger partial charge in [0.1, 0.15) is 5.69 Å². The smallest absolute Gasteiger partial charge is 0.292 e. The highest BCUT2D eigenvalue weighted by atomic mass is 16.6. The number of anilines is 1. The van der Waals surface area contributed by atoms with Gasteiger partial charge in [-0.1, -0.05) is 6.07 Å². The minimum atomic E-state index is -0.412. The predicted molar refractivity (Wildman–Crippen MR) is 64.2 cm³/mol. The van der Waals surface area contributed by atoms with E-state index in [0.29, 0.717) is 25.5 Å². The standard InChI is InChI=1S/C11H16N2O4/c1-12-10-4-3-9(7-11(10)13(14)15)8-17-6-5-16-2/h3-4,7,12H,5-6,8H2,1-2H3. The minimum Gasteiger partial charge on any atom is -0.383 e. The predicted octanol–water partition coefficient (Wildman–Crippen LogP) is 1.80. The SMILES string of the molecule is CNc1ccc(COCCOC)cc1[N+](=O)[O-]. The number of nitrogens with zero attached hydrogens (tertiary/aromatic N) is 1. The number of rotatable bonds is 7. The first-order valence-electron chi connectivity index (χ1n) is 5.20. The fourth-order valence-electron chi connectivity index (χ4n) is 1.36. The molecule has 0 atom stereocenters. The van der Waals surface area contributed by atoms with Gasteiger partial charge in [-0.3, -0.25) is 10.1 Å². The van der Waals surface area contributed by atoms with Crippen LogP contribution in [0.3, 0.4) is 0 Å². The summed E-state index contributed by atoms with van der Waals surface area (Å²) in [6, 6.07) is 4.98. The van der Waals surface area contributed by atoms with Crippen LogP contribution in [0.1, 0.15) is 5.56 Å². The molecule has 1 rings (SSSR count). The quantitative estimate of drug-likeness (QED) is 0.447. The Hall–Kier alpha value is -1.66. The van der Waals surface area contributed by atoms with Crippen molar-refractivity contribution >= 4 is 11.4 Å². The highest BCUT2D eigenvalue weighted by molar-refractivity contribution is 5.62. The molecule has 6 nitrogen and oxygen atoms in total. The fraction of sp³-hybridized carbons (Fsp3) is 0.455. The molecule has 1 aromatic rings. The summed E-state index contributed by atoms with van der Waals surface area (Å²) in [5.41, 5.74) is 1.32. The zero-order chi connectivity index (χ0) is 12.7. The van der Waals surface area contributed by atoms with Crippen molar-refractivity contribution in [1.29, 1.82) is 0 Å². The van der Waals surface area contributed by atoms with Crippen LogP contribution >= 0.6 is 0 Å². The van der Waals surface area contributed by atoms with Gasteiger partial charge in [0.25, 0.3) is 5.69 Å². The van der Waals surface area contributed by atoms with Crippen molar-refractivity contribution in [1.82, 2.24) is 0 Å². The van der Waals surface area contributed by atoms with Crippen molar-refractivity contribution in [2.24, 2.45) is 0 Å². The van der Waals surface area contributed by atoms with Crippen molar-refractivity contribution in [2.45, 2.75) is 6.61 Å². The van der Waals surface area contributed by atoms with Crippen molar-refractivity contribution in [3.8, 4) is 0 Å². The Morgan fingerprint density at radius 1 is 1.41 bits per heavy atom. The zero-order valence-electron chi connectivity index (χ0n) is 9.93. The Morgan fingerprint density at radius 2 is 2.18 bits per heavy atom. The lowest BCUT2D eigenvalue weighted by Gasteiger charge is -2.06. The van der Waals surface area contributed by atoms with Crippen molar-refractivity contribution in [3.05, 3.63) is 33.9 Å². The molecule has 0 heterocycles. The maximum atomic E-state index is 10.8. The lowest BCUT2D eigenvalue weighted by Crippen LogP contribution is -2.03. The number of benzene rings is 1. The molecule has 0 unspecified atom stereocenters. The van der Waals surface area contributed by atoms with Gasteiger partial charge in [0.15, 0.2) is 0 Å². The molecule has 0 amide bonds. The van der Waals surface area contributed by atoms with Gasteiger partial charge in [-0.15, -0.1) is 0 Å². The summed E-state index contributed by atoms with van der Waals surface area (Å²) in [6.07, 6.45) is 0. The van der Waals surface area contributed by atoms with Gasteiger partial charge in [-0.05, 0) is 11.6 Å². The maximum absolute atomic E-state index is 10.8. The van der Waals surface area contributed by atoms with Gasteiger partial charge < -0.3 is 14.8 Å². The molecule has 0 saturated heterocycles. The topological polar surface area (TPSA) is 73.6 Å². The van der Waals surface area contributed by atoms with E-state index in [1.165, 1.54) is 6.07 Å². The van der Waals surface area contributed by atoms with Crippen LogP contribution in [0.4, 0.5) is 11.4 Å². The molecule has 1 aromatic carbocycles. The molecular weight excluding hydrogens is 224 g/mol. The Bertz CT molecular complexity index is 382. The van der Waals surface area contributed by atoms with Gasteiger partial charge in [-0.2, -0.15) is 0 Å². The average molecular weight is 240 g/mol. The van der Waals surface area contributed by atoms with E-state index in [1.54, 1.807) is 26.3 Å². The molecule has 0 aliphatic rings. The zero-order valence-corrected chi connectivity index (χ0v) is 9.93. The van der Waals surface area contributed by atoms with Crippen molar-refractivity contribution in [3.63, 3.8) is 0 Å². The molecule has 0 aromatic heterocycles. The number of methoxy groups -OCH3 is 1. The van der Waals surface area contributed by atoms with E-state index in [-0.39, 0.29) is 5.69 Å². The molecule has 0 saturated carbocycles. The van der Waals surface area contributed by atoms with E-state index >= 15 is 0 Å². The van der Waals surface area contributed by atoms with Gasteiger partial charge in [0.05, 0.1) is 24.7 Å². The van der Waals surface area contributed by atoms with E-state index in [2.05, 4.69) is 5.32 Å². The van der Waals surface area contributed by atoms with Gasteiger partial charge in [-0.25, -0.2) is 0 Å². The van der Waals surface area contributed by atoms with Crippen molar-refractivity contribution < 1.29 is 14.4 Å². The Balaban J connectivity index is 2.68. The first kappa shape index (κ1) is 13.4. The van der Waals surface area contributed by atoms with Crippen LogP contribution in [0, 0.1) is 10.1 Å². The molecule has 0 spiro atoms. The molecule has 0 bridgehead atoms. The molecule has 0 aliphatic carbocycles. The Kier molecular flexibility index (Phi) is 5.38. The molecule has 0 radical (unpaired) electrons. The summed E-state index contributed by atoms with van der Waals surface area (Å²) < 4.78 is 10.1. The second-order valence-electron chi connectivity index (χ2n) is 3.40. The third-order valence-corrected chi connectivity index (χ3v) is 2.23. The second kappa shape index (κ2) is 6.82. The van der Waals surface area contributed by atoms with Gasteiger partial charge >= 0.3 is 0 Å². The summed E-state index contributed by atoms with van der Waals surface area (Å²) in [5, 5.41) is 13.6. The normalized spacial score (nSPS) is 10.2. The number of nitrogens with one attached hydrogen (secondary N) is 1. The first-order valence-corrected chi connectivity index (χ1v) is 5.20. The lowest BCUT2D eigenvalue weighted by molar-refractivity contribution is -0.384. The second-order valence-corrected chi connectivity index (χ2v) is 3.40. The van der Waals surface area contributed by atoms with E-state index in [0.717, 1.165) is 5.56 Å².